The number of rotatable bonds is 6. The van der Waals surface area contributed by atoms with Crippen molar-refractivity contribution in [1.82, 2.24) is 14.7 Å². The van der Waals surface area contributed by atoms with Crippen molar-refractivity contribution in [1.29, 1.82) is 0 Å². The maximum Gasteiger partial charge on any atom is 0.0475 e. The highest BCUT2D eigenvalue weighted by molar-refractivity contribution is 5.63. The molecule has 2 atom stereocenters. The van der Waals surface area contributed by atoms with Crippen LogP contribution < -0.4 is 0 Å². The second kappa shape index (κ2) is 9.19. The van der Waals surface area contributed by atoms with E-state index in [-0.39, 0.29) is 0 Å². The fraction of sp³-hybridized carbons (Fsp3) is 0.500. The van der Waals surface area contributed by atoms with Crippen molar-refractivity contribution < 1.29 is 5.11 Å². The molecule has 0 radical (unpaired) electrons. The molecule has 2 fully saturated rings. The minimum absolute atomic E-state index is 0.307. The molecule has 2 heterocycles. The molecular weight excluding hydrogens is 346 g/mol. The van der Waals surface area contributed by atoms with E-state index < -0.39 is 0 Å². The van der Waals surface area contributed by atoms with Gasteiger partial charge in [0.2, 0.25) is 0 Å². The van der Waals surface area contributed by atoms with Crippen LogP contribution in [-0.4, -0.2) is 79.3 Å². The van der Waals surface area contributed by atoms with Crippen molar-refractivity contribution in [2.45, 2.75) is 6.54 Å². The van der Waals surface area contributed by atoms with Gasteiger partial charge in [-0.15, -0.1) is 0 Å². The second-order valence-electron chi connectivity index (χ2n) is 8.56. The van der Waals surface area contributed by atoms with Crippen LogP contribution in [0.2, 0.25) is 0 Å². The zero-order valence-electron chi connectivity index (χ0n) is 17.0. The number of aliphatic hydroxyl groups is 1. The highest BCUT2D eigenvalue weighted by atomic mass is 16.3. The van der Waals surface area contributed by atoms with E-state index >= 15 is 0 Å². The van der Waals surface area contributed by atoms with E-state index in [1.807, 2.05) is 0 Å². The lowest BCUT2D eigenvalue weighted by Crippen LogP contribution is -2.47. The Morgan fingerprint density at radius 2 is 1.43 bits per heavy atom. The number of likely N-dealkylation sites (tertiary alicyclic amines) is 1. The Kier molecular flexibility index (Phi) is 6.43. The first-order valence-electron chi connectivity index (χ1n) is 10.6. The molecule has 0 aliphatic carbocycles. The number of likely N-dealkylation sites (N-methyl/N-ethyl adjacent to an activating group) is 1. The zero-order valence-corrected chi connectivity index (χ0v) is 17.0. The van der Waals surface area contributed by atoms with E-state index in [1.54, 1.807) is 0 Å². The Morgan fingerprint density at radius 3 is 2.11 bits per heavy atom. The summed E-state index contributed by atoms with van der Waals surface area (Å²) in [7, 11) is 2.20. The number of hydrogen-bond donors (Lipinski definition) is 1. The summed E-state index contributed by atoms with van der Waals surface area (Å²) in [5, 5.41) is 9.90. The molecular formula is C24H33N3O. The standard InChI is InChI=1S/C24H33N3O/c1-25-11-13-26(14-12-25)16-23-17-27(18-24(23)19-28)15-20-7-9-22(10-8-20)21-5-3-2-4-6-21/h2-10,23-24,28H,11-19H2,1H3. The summed E-state index contributed by atoms with van der Waals surface area (Å²) >= 11 is 0. The van der Waals surface area contributed by atoms with Crippen LogP contribution in [0.15, 0.2) is 54.6 Å². The highest BCUT2D eigenvalue weighted by Gasteiger charge is 2.33. The van der Waals surface area contributed by atoms with Gasteiger partial charge in [-0.05, 0) is 35.6 Å². The van der Waals surface area contributed by atoms with E-state index in [0.717, 1.165) is 52.4 Å². The molecule has 0 spiro atoms. The van der Waals surface area contributed by atoms with Crippen LogP contribution in [0.25, 0.3) is 11.1 Å². The molecule has 28 heavy (non-hydrogen) atoms. The number of hydrogen-bond acceptors (Lipinski definition) is 4. The van der Waals surface area contributed by atoms with E-state index in [2.05, 4.69) is 76.3 Å². The monoisotopic (exact) mass is 379 g/mol. The van der Waals surface area contributed by atoms with Crippen LogP contribution in [0.1, 0.15) is 5.56 Å². The summed E-state index contributed by atoms with van der Waals surface area (Å²) in [5.74, 6) is 0.986. The molecule has 0 aromatic heterocycles. The summed E-state index contributed by atoms with van der Waals surface area (Å²) in [6.45, 7) is 9.16. The van der Waals surface area contributed by atoms with Gasteiger partial charge in [-0.1, -0.05) is 54.6 Å². The first kappa shape index (κ1) is 19.6. The Bertz CT molecular complexity index is 725. The van der Waals surface area contributed by atoms with Crippen molar-refractivity contribution >= 4 is 0 Å². The van der Waals surface area contributed by atoms with Crippen LogP contribution in [0, 0.1) is 11.8 Å². The van der Waals surface area contributed by atoms with Gasteiger partial charge in [-0.25, -0.2) is 0 Å². The fourth-order valence-electron chi connectivity index (χ4n) is 4.63. The quantitative estimate of drug-likeness (QED) is 0.836. The maximum absolute atomic E-state index is 9.90. The molecule has 2 aromatic rings. The maximum atomic E-state index is 9.90. The lowest BCUT2D eigenvalue weighted by Gasteiger charge is -2.34. The molecule has 1 N–H and O–H groups in total. The van der Waals surface area contributed by atoms with Gasteiger partial charge < -0.3 is 14.9 Å². The molecule has 0 bridgehead atoms. The van der Waals surface area contributed by atoms with Crippen molar-refractivity contribution in [3.63, 3.8) is 0 Å². The van der Waals surface area contributed by atoms with Crippen molar-refractivity contribution in [3.8, 4) is 11.1 Å². The van der Waals surface area contributed by atoms with Gasteiger partial charge >= 0.3 is 0 Å². The van der Waals surface area contributed by atoms with E-state index in [0.29, 0.717) is 18.4 Å². The number of piperazine rings is 1. The van der Waals surface area contributed by atoms with Gasteiger partial charge in [0.15, 0.2) is 0 Å². The molecule has 0 amide bonds. The molecule has 2 saturated heterocycles. The summed E-state index contributed by atoms with van der Waals surface area (Å²) in [6.07, 6.45) is 0. The summed E-state index contributed by atoms with van der Waals surface area (Å²) in [6, 6.07) is 19.5. The minimum Gasteiger partial charge on any atom is -0.396 e. The predicted octanol–water partition coefficient (Wildman–Crippen LogP) is 2.64. The second-order valence-corrected chi connectivity index (χ2v) is 8.56. The van der Waals surface area contributed by atoms with Crippen molar-refractivity contribution in [2.75, 3.05) is 59.5 Å². The number of aliphatic hydroxyl groups excluding tert-OH is 1. The highest BCUT2D eigenvalue weighted by Crippen LogP contribution is 2.27. The minimum atomic E-state index is 0.307. The molecule has 4 nitrogen and oxygen atoms in total. The largest absolute Gasteiger partial charge is 0.396 e. The van der Waals surface area contributed by atoms with Gasteiger partial charge in [0, 0.05) is 59.0 Å². The third-order valence-electron chi connectivity index (χ3n) is 6.44. The van der Waals surface area contributed by atoms with Crippen molar-refractivity contribution in [3.05, 3.63) is 60.2 Å². The van der Waals surface area contributed by atoms with Crippen LogP contribution in [0.3, 0.4) is 0 Å². The van der Waals surface area contributed by atoms with Crippen LogP contribution >= 0.6 is 0 Å². The summed E-state index contributed by atoms with van der Waals surface area (Å²) in [5.41, 5.74) is 3.89. The first-order valence-corrected chi connectivity index (χ1v) is 10.6. The Labute approximate surface area is 169 Å². The van der Waals surface area contributed by atoms with E-state index in [9.17, 15) is 5.11 Å². The smallest absolute Gasteiger partial charge is 0.0475 e. The SMILES string of the molecule is CN1CCN(CC2CN(Cc3ccc(-c4ccccc4)cc3)CC2CO)CC1. The van der Waals surface area contributed by atoms with E-state index in [1.165, 1.54) is 16.7 Å². The molecule has 0 saturated carbocycles. The van der Waals surface area contributed by atoms with Gasteiger partial charge in [-0.3, -0.25) is 4.90 Å². The third-order valence-corrected chi connectivity index (χ3v) is 6.44. The molecule has 4 rings (SSSR count). The summed E-state index contributed by atoms with van der Waals surface area (Å²) < 4.78 is 0. The predicted molar refractivity (Wildman–Crippen MR) is 115 cm³/mol. The van der Waals surface area contributed by atoms with Crippen LogP contribution in [0.4, 0.5) is 0 Å². The molecule has 2 aliphatic rings. The van der Waals surface area contributed by atoms with Gasteiger partial charge in [-0.2, -0.15) is 0 Å². The van der Waals surface area contributed by atoms with Crippen molar-refractivity contribution in [2.24, 2.45) is 11.8 Å². The van der Waals surface area contributed by atoms with Gasteiger partial charge in [0.05, 0.1) is 0 Å². The molecule has 2 unspecified atom stereocenters. The lowest BCUT2D eigenvalue weighted by atomic mass is 9.96. The lowest BCUT2D eigenvalue weighted by molar-refractivity contribution is 0.116. The topological polar surface area (TPSA) is 30.0 Å². The number of benzene rings is 2. The Hall–Kier alpha value is -1.72. The fourth-order valence-corrected chi connectivity index (χ4v) is 4.63. The third kappa shape index (κ3) is 4.81. The summed E-state index contributed by atoms with van der Waals surface area (Å²) in [4.78, 5) is 7.52. The normalized spacial score (nSPS) is 24.6. The Balaban J connectivity index is 1.33. The molecule has 2 aliphatic heterocycles. The molecule has 2 aromatic carbocycles. The van der Waals surface area contributed by atoms with E-state index in [4.69, 9.17) is 0 Å². The average Bonchev–Trinajstić information content (AvgIpc) is 3.12. The van der Waals surface area contributed by atoms with Gasteiger partial charge in [0.25, 0.3) is 0 Å². The van der Waals surface area contributed by atoms with Crippen LogP contribution in [0.5, 0.6) is 0 Å². The first-order chi connectivity index (χ1) is 13.7. The number of nitrogens with zero attached hydrogens (tertiary/aromatic N) is 3. The molecule has 150 valence electrons. The molecule has 4 heteroatoms. The van der Waals surface area contributed by atoms with Gasteiger partial charge in [0.1, 0.15) is 0 Å². The average molecular weight is 380 g/mol. The van der Waals surface area contributed by atoms with Crippen LogP contribution in [-0.2, 0) is 6.54 Å². The zero-order chi connectivity index (χ0) is 19.3. The Morgan fingerprint density at radius 1 is 0.786 bits per heavy atom.